The Labute approximate surface area is 151 Å². The monoisotopic (exact) mass is 351 g/mol. The smallest absolute Gasteiger partial charge is 0.274 e. The maximum atomic E-state index is 12.7. The van der Waals surface area contributed by atoms with E-state index in [1.807, 2.05) is 26.0 Å². The zero-order chi connectivity index (χ0) is 18.7. The Kier molecular flexibility index (Phi) is 5.02. The van der Waals surface area contributed by atoms with Crippen LogP contribution in [-0.2, 0) is 0 Å². The molecule has 1 heterocycles. The first-order valence-electron chi connectivity index (χ1n) is 8.39. The molecule has 3 aromatic rings. The molecule has 0 aliphatic heterocycles. The minimum absolute atomic E-state index is 0.231. The maximum absolute atomic E-state index is 12.7. The van der Waals surface area contributed by atoms with Crippen LogP contribution < -0.4 is 10.3 Å². The number of nitrogens with one attached hydrogen (secondary N) is 1. The van der Waals surface area contributed by atoms with Crippen molar-refractivity contribution < 1.29 is 9.53 Å². The summed E-state index contributed by atoms with van der Waals surface area (Å²) in [6, 6.07) is 12.9. The third kappa shape index (κ3) is 3.74. The Morgan fingerprint density at radius 1 is 1.12 bits per heavy atom. The summed E-state index contributed by atoms with van der Waals surface area (Å²) in [7, 11) is 1.69. The van der Waals surface area contributed by atoms with Gasteiger partial charge in [-0.1, -0.05) is 24.3 Å². The number of hydrogen-bond donors (Lipinski definition) is 1. The molecule has 0 bridgehead atoms. The molecule has 1 amide bonds. The molecule has 134 valence electrons. The maximum Gasteiger partial charge on any atom is 0.274 e. The third-order valence-corrected chi connectivity index (χ3v) is 4.14. The Morgan fingerprint density at radius 2 is 1.77 bits per heavy atom. The van der Waals surface area contributed by atoms with Crippen molar-refractivity contribution in [2.45, 2.75) is 13.8 Å². The van der Waals surface area contributed by atoms with Crippen molar-refractivity contribution in [3.8, 4) is 5.75 Å². The van der Waals surface area contributed by atoms with Crippen LogP contribution in [0.5, 0.6) is 5.75 Å². The highest BCUT2D eigenvalue weighted by atomic mass is 16.5. The number of aromatic nitrogens is 2. The van der Waals surface area contributed by atoms with E-state index in [0.717, 1.165) is 16.9 Å². The SMILES string of the molecule is Cc1cc(C)cc(OCCN(C)C(=O)c2n[nH]c(=O)c3ccccc23)c1. The first-order chi connectivity index (χ1) is 12.5. The molecule has 0 spiro atoms. The summed E-state index contributed by atoms with van der Waals surface area (Å²) in [5.74, 6) is 0.525. The van der Waals surface area contributed by atoms with Gasteiger partial charge in [0.05, 0.1) is 11.9 Å². The zero-order valence-electron chi connectivity index (χ0n) is 15.1. The van der Waals surface area contributed by atoms with Gasteiger partial charge in [0, 0.05) is 12.4 Å². The van der Waals surface area contributed by atoms with Gasteiger partial charge in [-0.15, -0.1) is 0 Å². The lowest BCUT2D eigenvalue weighted by Crippen LogP contribution is -2.32. The molecule has 6 nitrogen and oxygen atoms in total. The van der Waals surface area contributed by atoms with E-state index in [1.165, 1.54) is 4.90 Å². The Hall–Kier alpha value is -3.15. The summed E-state index contributed by atoms with van der Waals surface area (Å²) >= 11 is 0. The molecule has 0 unspecified atom stereocenters. The summed E-state index contributed by atoms with van der Waals surface area (Å²) in [5.41, 5.74) is 2.19. The van der Waals surface area contributed by atoms with Gasteiger partial charge in [-0.25, -0.2) is 5.10 Å². The number of aryl methyl sites for hydroxylation is 2. The van der Waals surface area contributed by atoms with Crippen molar-refractivity contribution in [2.75, 3.05) is 20.2 Å². The number of fused-ring (bicyclic) bond motifs is 1. The van der Waals surface area contributed by atoms with Crippen molar-refractivity contribution in [2.24, 2.45) is 0 Å². The Bertz CT molecular complexity index is 990. The number of amides is 1. The predicted octanol–water partition coefficient (Wildman–Crippen LogP) is 2.69. The third-order valence-electron chi connectivity index (χ3n) is 4.14. The molecule has 0 atom stereocenters. The van der Waals surface area contributed by atoms with Crippen LogP contribution in [0.4, 0.5) is 0 Å². The van der Waals surface area contributed by atoms with Gasteiger partial charge in [-0.2, -0.15) is 5.10 Å². The van der Waals surface area contributed by atoms with Gasteiger partial charge in [0.1, 0.15) is 12.4 Å². The fourth-order valence-electron chi connectivity index (χ4n) is 2.88. The van der Waals surface area contributed by atoms with E-state index in [9.17, 15) is 9.59 Å². The first kappa shape index (κ1) is 17.7. The number of aromatic amines is 1. The highest BCUT2D eigenvalue weighted by Crippen LogP contribution is 2.17. The normalized spacial score (nSPS) is 10.7. The summed E-state index contributed by atoms with van der Waals surface area (Å²) in [6.45, 7) is 4.80. The van der Waals surface area contributed by atoms with Crippen molar-refractivity contribution in [3.63, 3.8) is 0 Å². The molecule has 26 heavy (non-hydrogen) atoms. The summed E-state index contributed by atoms with van der Waals surface area (Å²) in [6.07, 6.45) is 0. The van der Waals surface area contributed by atoms with Crippen LogP contribution in [0.15, 0.2) is 47.3 Å². The zero-order valence-corrected chi connectivity index (χ0v) is 15.1. The molecule has 3 rings (SSSR count). The van der Waals surface area contributed by atoms with Crippen LogP contribution in [0.1, 0.15) is 21.6 Å². The molecule has 0 saturated carbocycles. The van der Waals surface area contributed by atoms with Crippen LogP contribution in [0.3, 0.4) is 0 Å². The van der Waals surface area contributed by atoms with E-state index in [1.54, 1.807) is 31.3 Å². The lowest BCUT2D eigenvalue weighted by Gasteiger charge is -2.18. The fraction of sp³-hybridized carbons (Fsp3) is 0.250. The molecule has 6 heteroatoms. The Morgan fingerprint density at radius 3 is 2.46 bits per heavy atom. The van der Waals surface area contributed by atoms with E-state index in [0.29, 0.717) is 23.9 Å². The number of H-pyrrole nitrogens is 1. The van der Waals surface area contributed by atoms with Crippen molar-refractivity contribution in [1.29, 1.82) is 0 Å². The van der Waals surface area contributed by atoms with E-state index < -0.39 is 0 Å². The minimum atomic E-state index is -0.307. The number of rotatable bonds is 5. The quantitative estimate of drug-likeness (QED) is 0.767. The molecular formula is C20H21N3O3. The minimum Gasteiger partial charge on any atom is -0.492 e. The summed E-state index contributed by atoms with van der Waals surface area (Å²) < 4.78 is 5.76. The molecular weight excluding hydrogens is 330 g/mol. The van der Waals surface area contributed by atoms with Gasteiger partial charge >= 0.3 is 0 Å². The number of benzene rings is 2. The number of ether oxygens (including phenoxy) is 1. The number of carbonyl (C=O) groups excluding carboxylic acids is 1. The van der Waals surface area contributed by atoms with Crippen LogP contribution >= 0.6 is 0 Å². The number of hydrogen-bond acceptors (Lipinski definition) is 4. The van der Waals surface area contributed by atoms with E-state index in [2.05, 4.69) is 16.3 Å². The summed E-state index contributed by atoms with van der Waals surface area (Å²) in [5, 5.41) is 7.33. The molecule has 0 aliphatic carbocycles. The standard InChI is InChI=1S/C20H21N3O3/c1-13-10-14(2)12-15(11-13)26-9-8-23(3)20(25)18-16-6-4-5-7-17(16)19(24)22-21-18/h4-7,10-12H,8-9H2,1-3H3,(H,22,24). The number of likely N-dealkylation sites (N-methyl/N-ethyl adjacent to an activating group) is 1. The molecule has 0 aliphatic rings. The Balaban J connectivity index is 1.70. The molecule has 0 fully saturated rings. The van der Waals surface area contributed by atoms with Crippen LogP contribution in [-0.4, -0.2) is 41.2 Å². The van der Waals surface area contributed by atoms with Crippen LogP contribution in [0.25, 0.3) is 10.8 Å². The highest BCUT2D eigenvalue weighted by Gasteiger charge is 2.17. The number of nitrogens with zero attached hydrogens (tertiary/aromatic N) is 2. The summed E-state index contributed by atoms with van der Waals surface area (Å²) in [4.78, 5) is 26.1. The molecule has 0 saturated heterocycles. The largest absolute Gasteiger partial charge is 0.492 e. The van der Waals surface area contributed by atoms with E-state index >= 15 is 0 Å². The lowest BCUT2D eigenvalue weighted by atomic mass is 10.1. The average Bonchev–Trinajstić information content (AvgIpc) is 2.61. The van der Waals surface area contributed by atoms with Crippen LogP contribution in [0, 0.1) is 13.8 Å². The second-order valence-electron chi connectivity index (χ2n) is 6.35. The number of carbonyl (C=O) groups is 1. The van der Waals surface area contributed by atoms with Crippen molar-refractivity contribution in [3.05, 3.63) is 69.6 Å². The second kappa shape index (κ2) is 7.39. The first-order valence-corrected chi connectivity index (χ1v) is 8.39. The second-order valence-corrected chi connectivity index (χ2v) is 6.35. The van der Waals surface area contributed by atoms with Gasteiger partial charge in [-0.3, -0.25) is 9.59 Å². The predicted molar refractivity (Wildman–Crippen MR) is 101 cm³/mol. The van der Waals surface area contributed by atoms with Crippen molar-refractivity contribution in [1.82, 2.24) is 15.1 Å². The van der Waals surface area contributed by atoms with Gasteiger partial charge in [0.2, 0.25) is 0 Å². The van der Waals surface area contributed by atoms with E-state index in [-0.39, 0.29) is 17.2 Å². The average molecular weight is 351 g/mol. The molecule has 1 N–H and O–H groups in total. The molecule has 1 aromatic heterocycles. The molecule has 0 radical (unpaired) electrons. The van der Waals surface area contributed by atoms with E-state index in [4.69, 9.17) is 4.74 Å². The van der Waals surface area contributed by atoms with Crippen molar-refractivity contribution >= 4 is 16.7 Å². The van der Waals surface area contributed by atoms with Gasteiger partial charge in [-0.05, 0) is 43.2 Å². The van der Waals surface area contributed by atoms with Gasteiger partial charge in [0.25, 0.3) is 11.5 Å². The topological polar surface area (TPSA) is 75.3 Å². The fourth-order valence-corrected chi connectivity index (χ4v) is 2.88. The highest BCUT2D eigenvalue weighted by molar-refractivity contribution is 6.04. The lowest BCUT2D eigenvalue weighted by molar-refractivity contribution is 0.0769. The molecule has 2 aromatic carbocycles. The van der Waals surface area contributed by atoms with Gasteiger partial charge in [0.15, 0.2) is 5.69 Å². The van der Waals surface area contributed by atoms with Crippen LogP contribution in [0.2, 0.25) is 0 Å². The van der Waals surface area contributed by atoms with Gasteiger partial charge < -0.3 is 9.64 Å².